The van der Waals surface area contributed by atoms with E-state index in [0.717, 1.165) is 34.3 Å². The normalized spacial score (nSPS) is 28.2. The van der Waals surface area contributed by atoms with Crippen molar-refractivity contribution in [1.29, 1.82) is 0 Å². The summed E-state index contributed by atoms with van der Waals surface area (Å²) >= 11 is 8.01. The van der Waals surface area contributed by atoms with Crippen LogP contribution >= 0.6 is 36.2 Å². The molecule has 5 nitrogen and oxygen atoms in total. The van der Waals surface area contributed by atoms with E-state index in [2.05, 4.69) is 0 Å². The fourth-order valence-corrected chi connectivity index (χ4v) is 7.60. The molecule has 0 spiro atoms. The van der Waals surface area contributed by atoms with E-state index in [1.165, 1.54) is 63.2 Å². The number of benzene rings is 1. The molecule has 6 rings (SSSR count). The van der Waals surface area contributed by atoms with E-state index < -0.39 is 0 Å². The number of ether oxygens (including phenoxy) is 1. The van der Waals surface area contributed by atoms with Crippen molar-refractivity contribution >= 4 is 47.0 Å². The first kappa shape index (κ1) is 23.1. The zero-order chi connectivity index (χ0) is 22.9. The number of nitrogens with zero attached hydrogens (tertiary/aromatic N) is 1. The summed E-state index contributed by atoms with van der Waals surface area (Å²) in [4.78, 5) is 0. The number of phenols is 1. The molecule has 2 aromatic rings. The van der Waals surface area contributed by atoms with Crippen LogP contribution in [-0.4, -0.2) is 34.4 Å². The predicted octanol–water partition coefficient (Wildman–Crippen LogP) is 6.99. The summed E-state index contributed by atoms with van der Waals surface area (Å²) in [6, 6.07) is 9.03. The lowest BCUT2D eigenvalue weighted by atomic mass is 9.55. The fraction of sp³-hybridized carbons (Fsp3) is 0.480. The first-order valence-corrected chi connectivity index (χ1v) is 13.5. The minimum Gasteiger partial charge on any atom is -0.504 e. The van der Waals surface area contributed by atoms with Crippen molar-refractivity contribution in [2.75, 3.05) is 14.2 Å². The van der Waals surface area contributed by atoms with Crippen LogP contribution in [0.5, 0.6) is 11.5 Å². The van der Waals surface area contributed by atoms with Crippen molar-refractivity contribution in [3.8, 4) is 22.8 Å². The quantitative estimate of drug-likeness (QED) is 0.223. The van der Waals surface area contributed by atoms with Gasteiger partial charge >= 0.3 is 0 Å². The van der Waals surface area contributed by atoms with Crippen molar-refractivity contribution < 1.29 is 18.4 Å². The standard InChI is InChI=1S/C25H29NO4S3/c1-26(33-30-25-18-8-15-7-16(10-18)11-19(25)9-15)24(32-14-31)13-20-4-6-22(29-20)17-3-5-23(28-2)21(27)12-17/h3-6,12-16,18-19,25,27H,7-11H2,1-2H3/b24-13-. The second kappa shape index (κ2) is 9.94. The average Bonchev–Trinajstić information content (AvgIpc) is 3.26. The minimum absolute atomic E-state index is 0.0820. The van der Waals surface area contributed by atoms with Crippen LogP contribution in [0.4, 0.5) is 0 Å². The molecule has 0 aliphatic heterocycles. The van der Waals surface area contributed by atoms with E-state index in [9.17, 15) is 5.11 Å². The van der Waals surface area contributed by atoms with Gasteiger partial charge in [-0.05, 0) is 86.1 Å². The molecule has 4 saturated carbocycles. The van der Waals surface area contributed by atoms with Crippen molar-refractivity contribution in [1.82, 2.24) is 4.31 Å². The molecular weight excluding hydrogens is 474 g/mol. The first-order valence-electron chi connectivity index (χ1n) is 11.4. The molecular formula is C25H29NO4S3. The lowest BCUT2D eigenvalue weighted by Crippen LogP contribution is -2.48. The molecule has 33 heavy (non-hydrogen) atoms. The number of methoxy groups -OCH3 is 1. The Kier molecular flexibility index (Phi) is 6.97. The van der Waals surface area contributed by atoms with Gasteiger partial charge in [-0.1, -0.05) is 24.0 Å². The number of furan rings is 1. The van der Waals surface area contributed by atoms with Gasteiger partial charge in [0.15, 0.2) is 11.5 Å². The van der Waals surface area contributed by atoms with Crippen LogP contribution in [0.1, 0.15) is 37.9 Å². The number of hydrogen-bond donors (Lipinski definition) is 1. The number of aromatic hydroxyl groups is 1. The van der Waals surface area contributed by atoms with E-state index in [1.54, 1.807) is 16.8 Å². The van der Waals surface area contributed by atoms with Crippen LogP contribution in [0.15, 0.2) is 39.8 Å². The van der Waals surface area contributed by atoms with Gasteiger partial charge in [-0.15, -0.1) is 0 Å². The van der Waals surface area contributed by atoms with Gasteiger partial charge in [0.2, 0.25) is 0 Å². The third-order valence-electron chi connectivity index (χ3n) is 7.24. The maximum Gasteiger partial charge on any atom is 0.160 e. The monoisotopic (exact) mass is 503 g/mol. The second-order valence-electron chi connectivity index (χ2n) is 9.35. The summed E-state index contributed by atoms with van der Waals surface area (Å²) in [5, 5.41) is 11.0. The SMILES string of the molecule is COc1ccc(-c2ccc(/C=C(\SC=S)N(C)SOC3C4CC5CC(C4)CC3C5)o2)cc1O. The predicted molar refractivity (Wildman–Crippen MR) is 139 cm³/mol. The molecule has 4 bridgehead atoms. The summed E-state index contributed by atoms with van der Waals surface area (Å²) in [6.45, 7) is 0. The number of hydrogen-bond acceptors (Lipinski definition) is 8. The Balaban J connectivity index is 1.26. The van der Waals surface area contributed by atoms with Gasteiger partial charge in [-0.2, -0.15) is 0 Å². The van der Waals surface area contributed by atoms with Gasteiger partial charge in [0.05, 0.1) is 18.2 Å². The Morgan fingerprint density at radius 1 is 1.12 bits per heavy atom. The third-order valence-corrected chi connectivity index (χ3v) is 9.10. The molecule has 0 amide bonds. The Morgan fingerprint density at radius 2 is 1.85 bits per heavy atom. The molecule has 0 saturated heterocycles. The van der Waals surface area contributed by atoms with Crippen molar-refractivity contribution in [2.24, 2.45) is 23.7 Å². The Hall–Kier alpha value is -1.61. The van der Waals surface area contributed by atoms with E-state index in [0.29, 0.717) is 23.4 Å². The van der Waals surface area contributed by atoms with E-state index in [-0.39, 0.29) is 5.75 Å². The van der Waals surface area contributed by atoms with Gasteiger partial charge in [0.25, 0.3) is 0 Å². The van der Waals surface area contributed by atoms with Crippen LogP contribution in [0.25, 0.3) is 17.4 Å². The number of rotatable bonds is 9. The highest BCUT2D eigenvalue weighted by Gasteiger charge is 2.49. The highest BCUT2D eigenvalue weighted by Crippen LogP contribution is 2.55. The van der Waals surface area contributed by atoms with Crippen molar-refractivity contribution in [3.05, 3.63) is 41.1 Å². The van der Waals surface area contributed by atoms with E-state index in [4.69, 9.17) is 25.6 Å². The van der Waals surface area contributed by atoms with Crippen LogP contribution < -0.4 is 4.74 Å². The molecule has 1 N–H and O–H groups in total. The summed E-state index contributed by atoms with van der Waals surface area (Å²) in [7, 11) is 3.53. The average molecular weight is 504 g/mol. The molecule has 0 unspecified atom stereocenters. The highest BCUT2D eigenvalue weighted by atomic mass is 32.2. The largest absolute Gasteiger partial charge is 0.504 e. The molecule has 1 heterocycles. The second-order valence-corrected chi connectivity index (χ2v) is 11.7. The van der Waals surface area contributed by atoms with Gasteiger partial charge in [0, 0.05) is 23.4 Å². The van der Waals surface area contributed by atoms with Crippen LogP contribution in [0.2, 0.25) is 0 Å². The topological polar surface area (TPSA) is 55.1 Å². The third kappa shape index (κ3) is 4.94. The molecule has 1 aromatic heterocycles. The smallest absolute Gasteiger partial charge is 0.160 e. The van der Waals surface area contributed by atoms with Gasteiger partial charge in [0.1, 0.15) is 23.7 Å². The van der Waals surface area contributed by atoms with E-state index >= 15 is 0 Å². The molecule has 4 aliphatic rings. The van der Waals surface area contributed by atoms with Crippen molar-refractivity contribution in [2.45, 2.75) is 38.2 Å². The molecule has 4 fully saturated rings. The Labute approximate surface area is 209 Å². The van der Waals surface area contributed by atoms with E-state index in [1.807, 2.05) is 35.6 Å². The van der Waals surface area contributed by atoms with Crippen LogP contribution in [0, 0.1) is 23.7 Å². The number of thioether (sulfide) groups is 1. The molecule has 0 radical (unpaired) electrons. The summed E-state index contributed by atoms with van der Waals surface area (Å²) in [5.74, 6) is 5.23. The molecule has 0 atom stereocenters. The lowest BCUT2D eigenvalue weighted by Gasteiger charge is -2.53. The summed E-state index contributed by atoms with van der Waals surface area (Å²) in [5.41, 5.74) is 0.782. The lowest BCUT2D eigenvalue weighted by molar-refractivity contribution is -0.0726. The van der Waals surface area contributed by atoms with Gasteiger partial charge in [-0.25, -0.2) is 0 Å². The fourth-order valence-electron chi connectivity index (χ4n) is 5.98. The maximum atomic E-state index is 10.1. The zero-order valence-corrected chi connectivity index (χ0v) is 21.3. The van der Waals surface area contributed by atoms with Crippen molar-refractivity contribution in [3.63, 3.8) is 0 Å². The van der Waals surface area contributed by atoms with Crippen LogP contribution in [0.3, 0.4) is 0 Å². The Bertz CT molecular complexity index is 1010. The summed E-state index contributed by atoms with van der Waals surface area (Å²) < 4.78 is 21.3. The molecule has 8 heteroatoms. The molecule has 1 aromatic carbocycles. The molecule has 176 valence electrons. The summed E-state index contributed by atoms with van der Waals surface area (Å²) in [6.07, 6.45) is 9.15. The highest BCUT2D eigenvalue weighted by molar-refractivity contribution is 8.23. The maximum absolute atomic E-state index is 10.1. The minimum atomic E-state index is 0.0820. The zero-order valence-electron chi connectivity index (χ0n) is 18.8. The first-order chi connectivity index (χ1) is 16.0. The van der Waals surface area contributed by atoms with Crippen LogP contribution in [-0.2, 0) is 4.18 Å². The Morgan fingerprint density at radius 3 is 2.48 bits per heavy atom. The van der Waals surface area contributed by atoms with Gasteiger partial charge in [-0.3, -0.25) is 8.49 Å². The number of phenolic OH excluding ortho intramolecular Hbond substituents is 1. The number of thiocarbonyl (C=S) groups is 1. The molecule has 4 aliphatic carbocycles. The van der Waals surface area contributed by atoms with Gasteiger partial charge < -0.3 is 14.3 Å².